The van der Waals surface area contributed by atoms with E-state index in [2.05, 4.69) is 15.1 Å². The summed E-state index contributed by atoms with van der Waals surface area (Å²) in [6, 6.07) is 3.45. The zero-order valence-corrected chi connectivity index (χ0v) is 12.3. The quantitative estimate of drug-likeness (QED) is 0.852. The number of aromatic nitrogens is 4. The minimum absolute atomic E-state index is 0.173. The molecule has 4 heterocycles. The van der Waals surface area contributed by atoms with Crippen LogP contribution in [-0.4, -0.2) is 31.8 Å². The first kappa shape index (κ1) is 14.5. The third-order valence-corrected chi connectivity index (χ3v) is 4.77. The van der Waals surface area contributed by atoms with Gasteiger partial charge in [0.1, 0.15) is 5.69 Å². The van der Waals surface area contributed by atoms with Gasteiger partial charge in [-0.25, -0.2) is 9.97 Å². The smallest absolute Gasteiger partial charge is 0.335 e. The van der Waals surface area contributed by atoms with E-state index in [1.807, 2.05) is 21.8 Å². The Bertz CT molecular complexity index is 671. The lowest BCUT2D eigenvalue weighted by atomic mass is 9.98. The van der Waals surface area contributed by atoms with Crippen molar-refractivity contribution in [2.45, 2.75) is 50.0 Å². The molecule has 2 bridgehead atoms. The van der Waals surface area contributed by atoms with Gasteiger partial charge in [0.05, 0.1) is 6.04 Å². The molecule has 4 rings (SSSR count). The molecule has 0 N–H and O–H groups in total. The van der Waals surface area contributed by atoms with E-state index in [9.17, 15) is 13.2 Å². The Morgan fingerprint density at radius 1 is 1.04 bits per heavy atom. The summed E-state index contributed by atoms with van der Waals surface area (Å²) in [6.45, 7) is 0. The van der Waals surface area contributed by atoms with Gasteiger partial charge in [-0.15, -0.1) is 0 Å². The Morgan fingerprint density at radius 2 is 1.78 bits per heavy atom. The van der Waals surface area contributed by atoms with E-state index >= 15 is 0 Å². The zero-order chi connectivity index (χ0) is 16.0. The zero-order valence-electron chi connectivity index (χ0n) is 12.3. The Balaban J connectivity index is 1.60. The minimum Gasteiger partial charge on any atom is -0.335 e. The highest BCUT2D eigenvalue weighted by atomic mass is 19.4. The maximum Gasteiger partial charge on any atom is 0.433 e. The molecular weight excluding hydrogens is 307 g/mol. The van der Waals surface area contributed by atoms with Crippen molar-refractivity contribution >= 4 is 5.95 Å². The van der Waals surface area contributed by atoms with Gasteiger partial charge in [0.15, 0.2) is 0 Å². The van der Waals surface area contributed by atoms with E-state index in [1.165, 1.54) is 6.20 Å². The summed E-state index contributed by atoms with van der Waals surface area (Å²) in [5, 5.41) is 4.30. The van der Waals surface area contributed by atoms with Gasteiger partial charge in [-0.3, -0.25) is 4.68 Å². The molecule has 2 saturated heterocycles. The first-order chi connectivity index (χ1) is 11.0. The average molecular weight is 323 g/mol. The highest BCUT2D eigenvalue weighted by Gasteiger charge is 2.43. The summed E-state index contributed by atoms with van der Waals surface area (Å²) in [4.78, 5) is 9.84. The van der Waals surface area contributed by atoms with Crippen molar-refractivity contribution < 1.29 is 13.2 Å². The third-order valence-electron chi connectivity index (χ3n) is 4.77. The van der Waals surface area contributed by atoms with Crippen LogP contribution in [0.4, 0.5) is 19.1 Å². The maximum absolute atomic E-state index is 12.9. The van der Waals surface area contributed by atoms with E-state index in [-0.39, 0.29) is 18.0 Å². The van der Waals surface area contributed by atoms with Crippen LogP contribution in [0.25, 0.3) is 0 Å². The Kier molecular flexibility index (Phi) is 3.28. The molecule has 5 nitrogen and oxygen atoms in total. The van der Waals surface area contributed by atoms with Gasteiger partial charge in [0.25, 0.3) is 0 Å². The second kappa shape index (κ2) is 5.21. The monoisotopic (exact) mass is 323 g/mol. The normalized spacial score (nSPS) is 27.4. The van der Waals surface area contributed by atoms with Crippen LogP contribution in [-0.2, 0) is 6.18 Å². The van der Waals surface area contributed by atoms with Gasteiger partial charge < -0.3 is 4.90 Å². The molecule has 2 fully saturated rings. The molecule has 122 valence electrons. The largest absolute Gasteiger partial charge is 0.433 e. The molecule has 0 radical (unpaired) electrons. The molecule has 0 aliphatic carbocycles. The Morgan fingerprint density at radius 3 is 2.39 bits per heavy atom. The van der Waals surface area contributed by atoms with Gasteiger partial charge in [-0.05, 0) is 37.8 Å². The van der Waals surface area contributed by atoms with Crippen LogP contribution in [0.15, 0.2) is 30.7 Å². The fraction of sp³-hybridized carbons (Fsp3) is 0.533. The summed E-state index contributed by atoms with van der Waals surface area (Å²) in [6.07, 6.45) is 4.10. The van der Waals surface area contributed by atoms with Crippen molar-refractivity contribution in [3.8, 4) is 0 Å². The van der Waals surface area contributed by atoms with E-state index in [0.717, 1.165) is 31.7 Å². The molecule has 2 aliphatic rings. The van der Waals surface area contributed by atoms with Crippen molar-refractivity contribution in [1.29, 1.82) is 0 Å². The SMILES string of the molecule is FC(F)(F)c1ccnc(N2C3CCC2CC(n2cccn2)C3)n1. The lowest BCUT2D eigenvalue weighted by Crippen LogP contribution is -2.44. The van der Waals surface area contributed by atoms with Crippen molar-refractivity contribution in [3.05, 3.63) is 36.4 Å². The number of fused-ring (bicyclic) bond motifs is 2. The molecule has 8 heteroatoms. The van der Waals surface area contributed by atoms with Crippen molar-refractivity contribution in [3.63, 3.8) is 0 Å². The van der Waals surface area contributed by atoms with Crippen LogP contribution in [0.1, 0.15) is 37.4 Å². The molecule has 2 unspecified atom stereocenters. The minimum atomic E-state index is -4.44. The summed E-state index contributed by atoms with van der Waals surface area (Å²) in [7, 11) is 0. The molecule has 2 aromatic heterocycles. The predicted molar refractivity (Wildman–Crippen MR) is 76.8 cm³/mol. The van der Waals surface area contributed by atoms with Gasteiger partial charge in [-0.1, -0.05) is 0 Å². The molecule has 0 spiro atoms. The first-order valence-corrected chi connectivity index (χ1v) is 7.70. The highest BCUT2D eigenvalue weighted by molar-refractivity contribution is 5.38. The van der Waals surface area contributed by atoms with Crippen LogP contribution in [0.2, 0.25) is 0 Å². The van der Waals surface area contributed by atoms with E-state index in [1.54, 1.807) is 6.20 Å². The van der Waals surface area contributed by atoms with Crippen molar-refractivity contribution in [1.82, 2.24) is 19.7 Å². The molecule has 0 amide bonds. The third kappa shape index (κ3) is 2.55. The molecule has 2 aliphatic heterocycles. The number of alkyl halides is 3. The predicted octanol–water partition coefficient (Wildman–Crippen LogP) is 3.06. The standard InChI is InChI=1S/C15H16F3N5/c16-15(17,18)13-4-6-19-14(21-13)23-10-2-3-11(23)9-12(8-10)22-7-1-5-20-22/h1,4-7,10-12H,2-3,8-9H2. The number of anilines is 1. The maximum atomic E-state index is 12.9. The fourth-order valence-corrected chi connectivity index (χ4v) is 3.82. The summed E-state index contributed by atoms with van der Waals surface area (Å²) < 4.78 is 40.6. The number of hydrogen-bond acceptors (Lipinski definition) is 4. The number of rotatable bonds is 2. The van der Waals surface area contributed by atoms with Crippen molar-refractivity contribution in [2.24, 2.45) is 0 Å². The second-order valence-electron chi connectivity index (χ2n) is 6.14. The van der Waals surface area contributed by atoms with Crippen LogP contribution in [0.3, 0.4) is 0 Å². The molecule has 2 aromatic rings. The van der Waals surface area contributed by atoms with Crippen LogP contribution < -0.4 is 4.90 Å². The number of nitrogens with zero attached hydrogens (tertiary/aromatic N) is 5. The van der Waals surface area contributed by atoms with Crippen LogP contribution in [0.5, 0.6) is 0 Å². The van der Waals surface area contributed by atoms with Crippen LogP contribution >= 0.6 is 0 Å². The van der Waals surface area contributed by atoms with Crippen LogP contribution in [0, 0.1) is 0 Å². The highest BCUT2D eigenvalue weighted by Crippen LogP contribution is 2.42. The lowest BCUT2D eigenvalue weighted by molar-refractivity contribution is -0.141. The summed E-state index contributed by atoms with van der Waals surface area (Å²) in [5.74, 6) is 0.200. The van der Waals surface area contributed by atoms with E-state index in [4.69, 9.17) is 0 Å². The van der Waals surface area contributed by atoms with Gasteiger partial charge in [0.2, 0.25) is 5.95 Å². The van der Waals surface area contributed by atoms with E-state index in [0.29, 0.717) is 6.04 Å². The lowest BCUT2D eigenvalue weighted by Gasteiger charge is -2.39. The summed E-state index contributed by atoms with van der Waals surface area (Å²) >= 11 is 0. The van der Waals surface area contributed by atoms with E-state index < -0.39 is 11.9 Å². The Labute approximate surface area is 131 Å². The molecular formula is C15H16F3N5. The fourth-order valence-electron chi connectivity index (χ4n) is 3.82. The number of piperidine rings is 1. The summed E-state index contributed by atoms with van der Waals surface area (Å²) in [5.41, 5.74) is -0.879. The molecule has 0 saturated carbocycles. The molecule has 0 aromatic carbocycles. The van der Waals surface area contributed by atoms with Gasteiger partial charge in [-0.2, -0.15) is 18.3 Å². The molecule has 2 atom stereocenters. The molecule has 23 heavy (non-hydrogen) atoms. The van der Waals surface area contributed by atoms with Crippen molar-refractivity contribution in [2.75, 3.05) is 4.90 Å². The average Bonchev–Trinajstić information content (AvgIpc) is 3.13. The second-order valence-corrected chi connectivity index (χ2v) is 6.14. The number of hydrogen-bond donors (Lipinski definition) is 0. The van der Waals surface area contributed by atoms with Gasteiger partial charge >= 0.3 is 6.18 Å². The Hall–Kier alpha value is -2.12. The first-order valence-electron chi connectivity index (χ1n) is 7.70. The van der Waals surface area contributed by atoms with Gasteiger partial charge in [0, 0.05) is 30.7 Å². The topological polar surface area (TPSA) is 46.8 Å². The number of halogens is 3.